The molecule has 1 unspecified atom stereocenters. The molecule has 1 fully saturated rings. The highest BCUT2D eigenvalue weighted by Gasteiger charge is 2.38. The van der Waals surface area contributed by atoms with E-state index < -0.39 is 0 Å². The number of fused-ring (bicyclic) bond motifs is 1. The first kappa shape index (κ1) is 28.6. The number of hydrogen-bond donors (Lipinski definition) is 2. The van der Waals surface area contributed by atoms with Gasteiger partial charge in [-0.1, -0.05) is 20.3 Å². The standard InChI is InChI=1S/C29H43N7O3/c1-7-9-16-39-25-17-20(27(37)31-21-12-14-34(5)15-13-21)10-11-22(25)32-29-30-18-24-26(33-29)36(19(3)4)23(8-2)28(38)35(24)6/h10-11,17-19,21,23H,7-9,12-16H2,1-6H3,(H,31,37)(H,30,32,33). The predicted molar refractivity (Wildman–Crippen MR) is 155 cm³/mol. The molecule has 1 saturated heterocycles. The van der Waals surface area contributed by atoms with Crippen LogP contribution in [0, 0.1) is 0 Å². The number of piperidine rings is 1. The number of anilines is 4. The van der Waals surface area contributed by atoms with Crippen LogP contribution in [0.1, 0.15) is 70.2 Å². The van der Waals surface area contributed by atoms with Gasteiger partial charge < -0.3 is 30.1 Å². The van der Waals surface area contributed by atoms with Crippen molar-refractivity contribution < 1.29 is 14.3 Å². The summed E-state index contributed by atoms with van der Waals surface area (Å²) in [5.41, 5.74) is 1.93. The van der Waals surface area contributed by atoms with E-state index in [0.29, 0.717) is 41.7 Å². The zero-order valence-electron chi connectivity index (χ0n) is 24.2. The Hall–Kier alpha value is -3.40. The van der Waals surface area contributed by atoms with Gasteiger partial charge in [-0.15, -0.1) is 0 Å². The maximum Gasteiger partial charge on any atom is 0.251 e. The number of carbonyl (C=O) groups is 2. The third-order valence-electron chi connectivity index (χ3n) is 7.55. The summed E-state index contributed by atoms with van der Waals surface area (Å²) < 4.78 is 6.11. The Labute approximate surface area is 232 Å². The molecule has 3 heterocycles. The molecule has 10 nitrogen and oxygen atoms in total. The molecule has 2 aliphatic rings. The lowest BCUT2D eigenvalue weighted by Gasteiger charge is -2.42. The number of hydrogen-bond acceptors (Lipinski definition) is 8. The lowest BCUT2D eigenvalue weighted by Crippen LogP contribution is -2.54. The van der Waals surface area contributed by atoms with Crippen molar-refractivity contribution in [2.24, 2.45) is 0 Å². The number of ether oxygens (including phenoxy) is 1. The van der Waals surface area contributed by atoms with E-state index in [-0.39, 0.29) is 29.9 Å². The number of likely N-dealkylation sites (N-methyl/N-ethyl adjacent to an activating group) is 1. The monoisotopic (exact) mass is 537 g/mol. The summed E-state index contributed by atoms with van der Waals surface area (Å²) in [6.07, 6.45) is 6.18. The second-order valence-electron chi connectivity index (χ2n) is 10.8. The van der Waals surface area contributed by atoms with Gasteiger partial charge in [-0.25, -0.2) is 4.98 Å². The zero-order valence-corrected chi connectivity index (χ0v) is 24.2. The maximum atomic E-state index is 13.1. The fourth-order valence-corrected chi connectivity index (χ4v) is 5.19. The van der Waals surface area contributed by atoms with Crippen LogP contribution in [-0.2, 0) is 4.79 Å². The van der Waals surface area contributed by atoms with Crippen LogP contribution in [0.4, 0.5) is 23.1 Å². The summed E-state index contributed by atoms with van der Waals surface area (Å²) in [6.45, 7) is 10.8. The highest BCUT2D eigenvalue weighted by molar-refractivity contribution is 6.04. The molecule has 0 radical (unpaired) electrons. The number of nitrogens with one attached hydrogen (secondary N) is 2. The van der Waals surface area contributed by atoms with Gasteiger partial charge in [0.05, 0.1) is 18.5 Å². The molecule has 1 aromatic carbocycles. The lowest BCUT2D eigenvalue weighted by molar-refractivity contribution is -0.120. The van der Waals surface area contributed by atoms with Gasteiger partial charge in [-0.3, -0.25) is 9.59 Å². The molecule has 2 amide bonds. The van der Waals surface area contributed by atoms with E-state index in [0.717, 1.165) is 44.6 Å². The van der Waals surface area contributed by atoms with E-state index in [4.69, 9.17) is 9.72 Å². The molecule has 2 N–H and O–H groups in total. The number of carbonyl (C=O) groups excluding carboxylic acids is 2. The van der Waals surface area contributed by atoms with Gasteiger partial charge >= 0.3 is 0 Å². The highest BCUT2D eigenvalue weighted by atomic mass is 16.5. The minimum atomic E-state index is -0.277. The quantitative estimate of drug-likeness (QED) is 0.435. The van der Waals surface area contributed by atoms with Crippen LogP contribution >= 0.6 is 0 Å². The van der Waals surface area contributed by atoms with E-state index in [9.17, 15) is 9.59 Å². The number of benzene rings is 1. The molecule has 0 bridgehead atoms. The molecule has 0 spiro atoms. The molecule has 0 aliphatic carbocycles. The topological polar surface area (TPSA) is 103 Å². The van der Waals surface area contributed by atoms with Gasteiger partial charge in [-0.2, -0.15) is 4.98 Å². The number of amides is 2. The smallest absolute Gasteiger partial charge is 0.251 e. The van der Waals surface area contributed by atoms with E-state index >= 15 is 0 Å². The van der Waals surface area contributed by atoms with E-state index in [2.05, 4.69) is 53.2 Å². The van der Waals surface area contributed by atoms with Crippen LogP contribution in [0.15, 0.2) is 24.4 Å². The normalized spacial score (nSPS) is 18.3. The van der Waals surface area contributed by atoms with E-state index in [1.54, 1.807) is 30.3 Å². The SMILES string of the molecule is CCCCOc1cc(C(=O)NC2CCN(C)CC2)ccc1Nc1ncc2c(n1)N(C(C)C)C(CC)C(=O)N2C. The summed E-state index contributed by atoms with van der Waals surface area (Å²) >= 11 is 0. The molecule has 4 rings (SSSR count). The van der Waals surface area contributed by atoms with Crippen LogP contribution in [0.5, 0.6) is 5.75 Å². The van der Waals surface area contributed by atoms with Crippen LogP contribution in [0.25, 0.3) is 0 Å². The van der Waals surface area contributed by atoms with Gasteiger partial charge in [0, 0.05) is 24.7 Å². The van der Waals surface area contributed by atoms with Crippen molar-refractivity contribution in [3.05, 3.63) is 30.0 Å². The summed E-state index contributed by atoms with van der Waals surface area (Å²) in [4.78, 5) is 41.4. The van der Waals surface area contributed by atoms with Crippen molar-refractivity contribution in [1.29, 1.82) is 0 Å². The number of rotatable bonds is 10. The fourth-order valence-electron chi connectivity index (χ4n) is 5.19. The molecule has 2 aromatic rings. The number of unbranched alkanes of at least 4 members (excludes halogenated alkanes) is 1. The van der Waals surface area contributed by atoms with Gasteiger partial charge in [0.25, 0.3) is 5.91 Å². The Balaban J connectivity index is 1.59. The average Bonchev–Trinajstić information content (AvgIpc) is 2.92. The van der Waals surface area contributed by atoms with Crippen molar-refractivity contribution in [2.75, 3.05) is 48.9 Å². The van der Waals surface area contributed by atoms with Gasteiger partial charge in [-0.05, 0) is 77.9 Å². The van der Waals surface area contributed by atoms with Crippen molar-refractivity contribution >= 4 is 35.0 Å². The average molecular weight is 538 g/mol. The molecule has 1 aromatic heterocycles. The second kappa shape index (κ2) is 12.6. The summed E-state index contributed by atoms with van der Waals surface area (Å²) in [5, 5.41) is 6.49. The molecule has 0 saturated carbocycles. The maximum absolute atomic E-state index is 13.1. The van der Waals surface area contributed by atoms with Crippen LogP contribution in [0.2, 0.25) is 0 Å². The van der Waals surface area contributed by atoms with Gasteiger partial charge in [0.1, 0.15) is 17.5 Å². The van der Waals surface area contributed by atoms with Gasteiger partial charge in [0.2, 0.25) is 11.9 Å². The highest BCUT2D eigenvalue weighted by Crippen LogP contribution is 2.37. The molecule has 10 heteroatoms. The number of likely N-dealkylation sites (tertiary alicyclic amines) is 1. The van der Waals surface area contributed by atoms with Crippen molar-refractivity contribution in [3.63, 3.8) is 0 Å². The molecule has 1 atom stereocenters. The molecule has 39 heavy (non-hydrogen) atoms. The zero-order chi connectivity index (χ0) is 28.1. The van der Waals surface area contributed by atoms with E-state index in [1.165, 1.54) is 0 Å². The molecule has 2 aliphatic heterocycles. The minimum absolute atomic E-state index is 0.0451. The number of aromatic nitrogens is 2. The summed E-state index contributed by atoms with van der Waals surface area (Å²) in [6, 6.07) is 5.43. The molecular formula is C29H43N7O3. The lowest BCUT2D eigenvalue weighted by atomic mass is 10.0. The van der Waals surface area contributed by atoms with E-state index in [1.807, 2.05) is 13.0 Å². The first-order valence-corrected chi connectivity index (χ1v) is 14.2. The Morgan fingerprint density at radius 2 is 1.92 bits per heavy atom. The Bertz CT molecular complexity index is 1160. The van der Waals surface area contributed by atoms with Crippen molar-refractivity contribution in [2.45, 2.75) is 77.9 Å². The fraction of sp³-hybridized carbons (Fsp3) is 0.586. The van der Waals surface area contributed by atoms with Gasteiger partial charge in [0.15, 0.2) is 5.82 Å². The minimum Gasteiger partial charge on any atom is -0.491 e. The summed E-state index contributed by atoms with van der Waals surface area (Å²) in [7, 11) is 3.88. The predicted octanol–water partition coefficient (Wildman–Crippen LogP) is 4.19. The first-order valence-electron chi connectivity index (χ1n) is 14.2. The Morgan fingerprint density at radius 1 is 1.18 bits per heavy atom. The first-order chi connectivity index (χ1) is 18.7. The third kappa shape index (κ3) is 6.43. The van der Waals surface area contributed by atoms with Crippen molar-refractivity contribution in [1.82, 2.24) is 20.2 Å². The van der Waals surface area contributed by atoms with Crippen LogP contribution in [-0.4, -0.2) is 78.6 Å². The van der Waals surface area contributed by atoms with Crippen LogP contribution in [0.3, 0.4) is 0 Å². The number of nitrogens with zero attached hydrogens (tertiary/aromatic N) is 5. The second-order valence-corrected chi connectivity index (χ2v) is 10.8. The third-order valence-corrected chi connectivity index (χ3v) is 7.55. The summed E-state index contributed by atoms with van der Waals surface area (Å²) in [5.74, 6) is 1.66. The largest absolute Gasteiger partial charge is 0.491 e. The van der Waals surface area contributed by atoms with Crippen molar-refractivity contribution in [3.8, 4) is 5.75 Å². The Kier molecular flexibility index (Phi) is 9.27. The molecule has 212 valence electrons. The molecular weight excluding hydrogens is 494 g/mol. The van der Waals surface area contributed by atoms with Crippen LogP contribution < -0.4 is 25.2 Å². The Morgan fingerprint density at radius 3 is 2.59 bits per heavy atom.